The molecule has 1 fully saturated rings. The Morgan fingerprint density at radius 3 is 2.49 bits per heavy atom. The van der Waals surface area contributed by atoms with E-state index in [9.17, 15) is 19.2 Å². The fourth-order valence-corrected chi connectivity index (χ4v) is 4.89. The number of benzene rings is 1. The van der Waals surface area contributed by atoms with Crippen LogP contribution in [0.1, 0.15) is 64.8 Å². The number of hydrogen-bond acceptors (Lipinski definition) is 9. The first-order valence-corrected chi connectivity index (χ1v) is 14.8. The van der Waals surface area contributed by atoms with Gasteiger partial charge >= 0.3 is 5.97 Å². The second-order valence-electron chi connectivity index (χ2n) is 11.6. The van der Waals surface area contributed by atoms with Crippen LogP contribution in [-0.4, -0.2) is 79.1 Å². The maximum atomic E-state index is 13.0. The van der Waals surface area contributed by atoms with Crippen LogP contribution in [-0.2, 0) is 28.7 Å². The van der Waals surface area contributed by atoms with Crippen LogP contribution < -0.4 is 16.1 Å². The average molecular weight is 596 g/mol. The third-order valence-corrected chi connectivity index (χ3v) is 7.58. The standard InChI is InChI=1S/C32H45N5O6/c1-19(2)29(31(40)34-20(3)18-38)43-32(41)21(4)28(42-7)13-12-26-16-25-15-23(10-11-24(25)17-33-26)22(5)35-30(39)27-9-8-14-37(6)36-27/h10-13,15-22,27-29,36H,8-9,14H2,1-7H3,(H,34,40)(H,35,39)/b13-12+/t20?,21?,22-,27?,28?,29?/m1/s1. The van der Waals surface area contributed by atoms with Crippen molar-refractivity contribution in [2.24, 2.45) is 11.8 Å². The lowest BCUT2D eigenvalue weighted by atomic mass is 10.0. The maximum absolute atomic E-state index is 13.0. The van der Waals surface area contributed by atoms with Crippen molar-refractivity contribution in [2.45, 2.75) is 77.8 Å². The zero-order valence-corrected chi connectivity index (χ0v) is 26.1. The van der Waals surface area contributed by atoms with Gasteiger partial charge in [-0.2, -0.15) is 0 Å². The zero-order valence-electron chi connectivity index (χ0n) is 26.1. The summed E-state index contributed by atoms with van der Waals surface area (Å²) in [5.74, 6) is -2.14. The topological polar surface area (TPSA) is 139 Å². The number of hydrogen-bond donors (Lipinski definition) is 3. The highest BCUT2D eigenvalue weighted by molar-refractivity contribution is 5.87. The minimum Gasteiger partial charge on any atom is -0.452 e. The molecular formula is C32H45N5O6. The number of aromatic nitrogens is 1. The van der Waals surface area contributed by atoms with Gasteiger partial charge in [-0.15, -0.1) is 0 Å². The number of carbonyl (C=O) groups is 4. The van der Waals surface area contributed by atoms with E-state index in [2.05, 4.69) is 21.0 Å². The maximum Gasteiger partial charge on any atom is 0.312 e. The van der Waals surface area contributed by atoms with Gasteiger partial charge < -0.3 is 24.9 Å². The van der Waals surface area contributed by atoms with Gasteiger partial charge in [0.1, 0.15) is 12.3 Å². The predicted octanol–water partition coefficient (Wildman–Crippen LogP) is 2.95. The van der Waals surface area contributed by atoms with Crippen LogP contribution in [0, 0.1) is 11.8 Å². The molecule has 234 valence electrons. The minimum atomic E-state index is -1.04. The highest BCUT2D eigenvalue weighted by Gasteiger charge is 2.32. The number of nitrogens with zero attached hydrogens (tertiary/aromatic N) is 2. The second kappa shape index (κ2) is 15.7. The van der Waals surface area contributed by atoms with Crippen LogP contribution in [0.5, 0.6) is 0 Å². The summed E-state index contributed by atoms with van der Waals surface area (Å²) < 4.78 is 11.1. The Hall–Kier alpha value is -3.67. The van der Waals surface area contributed by atoms with Crippen molar-refractivity contribution in [3.63, 3.8) is 0 Å². The molecule has 11 heteroatoms. The van der Waals surface area contributed by atoms with Gasteiger partial charge in [-0.3, -0.25) is 19.4 Å². The first-order chi connectivity index (χ1) is 20.4. The van der Waals surface area contributed by atoms with E-state index in [0.717, 1.165) is 35.7 Å². The number of amides is 2. The number of methoxy groups -OCH3 is 1. The first kappa shape index (κ1) is 33.8. The van der Waals surface area contributed by atoms with Crippen molar-refractivity contribution >= 4 is 40.9 Å². The van der Waals surface area contributed by atoms with Gasteiger partial charge in [-0.25, -0.2) is 10.4 Å². The van der Waals surface area contributed by atoms with Gasteiger partial charge in [0, 0.05) is 32.3 Å². The molecule has 5 unspecified atom stereocenters. The number of esters is 1. The van der Waals surface area contributed by atoms with Crippen LogP contribution in [0.2, 0.25) is 0 Å². The lowest BCUT2D eigenvalue weighted by Gasteiger charge is -2.31. The van der Waals surface area contributed by atoms with Gasteiger partial charge in [-0.05, 0) is 68.7 Å². The summed E-state index contributed by atoms with van der Waals surface area (Å²) in [6.07, 6.45) is 5.99. The van der Waals surface area contributed by atoms with E-state index in [1.54, 1.807) is 46.0 Å². The summed E-state index contributed by atoms with van der Waals surface area (Å²) in [4.78, 5) is 53.8. The Labute approximate surface area is 253 Å². The van der Waals surface area contributed by atoms with E-state index < -0.39 is 36.0 Å². The molecule has 6 atom stereocenters. The van der Waals surface area contributed by atoms with E-state index in [1.807, 2.05) is 43.2 Å². The van der Waals surface area contributed by atoms with Crippen LogP contribution in [0.25, 0.3) is 16.8 Å². The van der Waals surface area contributed by atoms with Crippen molar-refractivity contribution in [1.29, 1.82) is 0 Å². The number of carbonyl (C=O) groups excluding carboxylic acids is 4. The Morgan fingerprint density at radius 1 is 1.09 bits per heavy atom. The van der Waals surface area contributed by atoms with E-state index in [1.165, 1.54) is 7.11 Å². The number of fused-ring (bicyclic) bond motifs is 1. The van der Waals surface area contributed by atoms with Crippen LogP contribution in [0.15, 0.2) is 36.5 Å². The molecule has 1 aromatic carbocycles. The largest absolute Gasteiger partial charge is 0.452 e. The summed E-state index contributed by atoms with van der Waals surface area (Å²) in [7, 11) is 3.43. The molecule has 1 saturated heterocycles. The Bertz CT molecular complexity index is 1310. The van der Waals surface area contributed by atoms with Crippen molar-refractivity contribution in [3.8, 4) is 0 Å². The average Bonchev–Trinajstić information content (AvgIpc) is 2.98. The number of aldehydes is 1. The molecule has 1 aromatic heterocycles. The number of pyridine rings is 1. The molecular weight excluding hydrogens is 550 g/mol. The summed E-state index contributed by atoms with van der Waals surface area (Å²) >= 11 is 0. The highest BCUT2D eigenvalue weighted by Crippen LogP contribution is 2.22. The molecule has 2 amide bonds. The van der Waals surface area contributed by atoms with Gasteiger partial charge in [0.15, 0.2) is 6.10 Å². The van der Waals surface area contributed by atoms with Crippen molar-refractivity contribution in [2.75, 3.05) is 20.7 Å². The smallest absolute Gasteiger partial charge is 0.312 e. The molecule has 1 aliphatic heterocycles. The lowest BCUT2D eigenvalue weighted by Crippen LogP contribution is -2.54. The van der Waals surface area contributed by atoms with E-state index in [-0.39, 0.29) is 23.9 Å². The molecule has 0 radical (unpaired) electrons. The van der Waals surface area contributed by atoms with Gasteiger partial charge in [-0.1, -0.05) is 32.1 Å². The number of nitrogens with one attached hydrogen (secondary N) is 3. The molecule has 0 saturated carbocycles. The van der Waals surface area contributed by atoms with E-state index in [0.29, 0.717) is 12.0 Å². The fraction of sp³-hybridized carbons (Fsp3) is 0.531. The third-order valence-electron chi connectivity index (χ3n) is 7.58. The number of hydrazine groups is 1. The summed E-state index contributed by atoms with van der Waals surface area (Å²) in [5.41, 5.74) is 4.86. The Morgan fingerprint density at radius 2 is 1.84 bits per heavy atom. The summed E-state index contributed by atoms with van der Waals surface area (Å²) in [5, 5.41) is 9.52. The first-order valence-electron chi connectivity index (χ1n) is 14.8. The molecule has 3 N–H and O–H groups in total. The molecule has 3 rings (SSSR count). The van der Waals surface area contributed by atoms with Gasteiger partial charge in [0.2, 0.25) is 5.91 Å². The minimum absolute atomic E-state index is 0.0217. The van der Waals surface area contributed by atoms with Crippen molar-refractivity contribution in [3.05, 3.63) is 47.8 Å². The quantitative estimate of drug-likeness (QED) is 0.236. The molecule has 2 aromatic rings. The lowest BCUT2D eigenvalue weighted by molar-refractivity contribution is -0.165. The molecule has 0 aliphatic carbocycles. The van der Waals surface area contributed by atoms with Crippen molar-refractivity contribution < 1.29 is 28.7 Å². The van der Waals surface area contributed by atoms with E-state index in [4.69, 9.17) is 9.47 Å². The molecule has 11 nitrogen and oxygen atoms in total. The zero-order chi connectivity index (χ0) is 31.7. The SMILES string of the molecule is COC(/C=C/c1cc2cc([C@@H](C)NC(=O)C3CCCN(C)N3)ccc2cn1)C(C)C(=O)OC(C(=O)NC(C)C=O)C(C)C. The van der Waals surface area contributed by atoms with Gasteiger partial charge in [0.25, 0.3) is 5.91 Å². The Kier molecular flexibility index (Phi) is 12.4. The third kappa shape index (κ3) is 9.41. The van der Waals surface area contributed by atoms with Crippen LogP contribution in [0.3, 0.4) is 0 Å². The molecule has 0 bridgehead atoms. The second-order valence-corrected chi connectivity index (χ2v) is 11.6. The normalized spacial score (nSPS) is 19.4. The molecule has 0 spiro atoms. The molecule has 1 aliphatic rings. The summed E-state index contributed by atoms with van der Waals surface area (Å²) in [6, 6.07) is 6.84. The number of rotatable bonds is 13. The summed E-state index contributed by atoms with van der Waals surface area (Å²) in [6.45, 7) is 9.63. The van der Waals surface area contributed by atoms with Crippen LogP contribution >= 0.6 is 0 Å². The highest BCUT2D eigenvalue weighted by atomic mass is 16.6. The predicted molar refractivity (Wildman–Crippen MR) is 164 cm³/mol. The van der Waals surface area contributed by atoms with Crippen LogP contribution in [0.4, 0.5) is 0 Å². The van der Waals surface area contributed by atoms with Crippen molar-refractivity contribution in [1.82, 2.24) is 26.1 Å². The monoisotopic (exact) mass is 595 g/mol. The molecule has 2 heterocycles. The van der Waals surface area contributed by atoms with E-state index >= 15 is 0 Å². The van der Waals surface area contributed by atoms with Gasteiger partial charge in [0.05, 0.1) is 29.8 Å². The molecule has 43 heavy (non-hydrogen) atoms. The number of ether oxygens (including phenoxy) is 2. The Balaban J connectivity index is 1.68. The fourth-order valence-electron chi connectivity index (χ4n) is 4.89.